The summed E-state index contributed by atoms with van der Waals surface area (Å²) in [7, 11) is 0. The molecule has 4 aliphatic carbocycles. The summed E-state index contributed by atoms with van der Waals surface area (Å²) in [6.45, 7) is 0. The first-order chi connectivity index (χ1) is 20.2. The van der Waals surface area contributed by atoms with Crippen LogP contribution in [0, 0.1) is 47.3 Å². The van der Waals surface area contributed by atoms with E-state index >= 15 is 0 Å². The van der Waals surface area contributed by atoms with E-state index < -0.39 is 0 Å². The van der Waals surface area contributed by atoms with Gasteiger partial charge in [-0.1, -0.05) is 60.9 Å². The molecule has 8 N–H and O–H groups in total. The van der Waals surface area contributed by atoms with Crippen LogP contribution in [0.15, 0.2) is 0 Å². The minimum Gasteiger partial charge on any atom is -0.286 e. The smallest absolute Gasteiger partial charge is 0.0639 e. The molecule has 5 heterocycles. The van der Waals surface area contributed by atoms with Gasteiger partial charge in [0.1, 0.15) is 0 Å². The van der Waals surface area contributed by atoms with Gasteiger partial charge in [-0.05, 0) is 92.8 Å². The Morgan fingerprint density at radius 2 is 0.581 bits per heavy atom. The number of halogens is 2. The van der Waals surface area contributed by atoms with Gasteiger partial charge in [-0.3, -0.25) is 42.5 Å². The Labute approximate surface area is 286 Å². The molecule has 5 saturated heterocycles. The zero-order valence-electron chi connectivity index (χ0n) is 25.9. The van der Waals surface area contributed by atoms with E-state index in [4.69, 9.17) is 0 Å². The summed E-state index contributed by atoms with van der Waals surface area (Å²) in [5.41, 5.74) is 0. The van der Waals surface area contributed by atoms with Crippen molar-refractivity contribution in [3.8, 4) is 0 Å². The molecular formula is C32H56BrClN8Zn. The van der Waals surface area contributed by atoms with Crippen LogP contribution in [-0.4, -0.2) is 54.2 Å². The molecular weight excluding hydrogens is 677 g/mol. The third-order valence-corrected chi connectivity index (χ3v) is 14.9. The Kier molecular flexibility index (Phi) is 10.3. The molecule has 0 spiro atoms. The van der Waals surface area contributed by atoms with E-state index in [9.17, 15) is 0 Å². The minimum atomic E-state index is 0. The van der Waals surface area contributed by atoms with Crippen LogP contribution >= 0.6 is 28.3 Å². The molecule has 8 nitrogen and oxygen atoms in total. The molecule has 17 unspecified atom stereocenters. The summed E-state index contributed by atoms with van der Waals surface area (Å²) >= 11 is 4.20. The van der Waals surface area contributed by atoms with Crippen molar-refractivity contribution in [3.05, 3.63) is 0 Å². The van der Waals surface area contributed by atoms with Gasteiger partial charge in [-0.2, -0.15) is 0 Å². The van der Waals surface area contributed by atoms with Gasteiger partial charge in [0.15, 0.2) is 0 Å². The molecule has 17 atom stereocenters. The van der Waals surface area contributed by atoms with Gasteiger partial charge < -0.3 is 0 Å². The fourth-order valence-electron chi connectivity index (χ4n) is 12.0. The van der Waals surface area contributed by atoms with Crippen LogP contribution in [0.2, 0.25) is 0 Å². The van der Waals surface area contributed by atoms with Crippen molar-refractivity contribution in [2.75, 3.05) is 0 Å². The maximum absolute atomic E-state index is 4.26. The quantitative estimate of drug-likeness (QED) is 0.142. The summed E-state index contributed by atoms with van der Waals surface area (Å²) in [6.07, 6.45) is 23.7. The summed E-state index contributed by atoms with van der Waals surface area (Å²) in [5, 5.41) is 33.8. The topological polar surface area (TPSA) is 96.2 Å². The number of fused-ring (bicyclic) bond motifs is 20. The van der Waals surface area contributed by atoms with Gasteiger partial charge in [0.25, 0.3) is 0 Å². The summed E-state index contributed by atoms with van der Waals surface area (Å²) in [5.74, 6) is 5.69. The van der Waals surface area contributed by atoms with Crippen LogP contribution in [0.25, 0.3) is 0 Å². The standard InChI is InChI=1S/C32H55BrN8.ClH.Zn/c33-23-15-7-14-22-24(23)32-40-30-21-13-6-5-12-20(21)28(38-30)36-26-17-9-2-1-8-16(17)25(34-26)35-27-18-10-3-4-11-19(18)29(37-27)39-31(22)41-32;;/h16-32,34-41H,1-15H2;1H;. The molecule has 9 fully saturated rings. The second kappa shape index (κ2) is 13.5. The molecule has 0 aromatic carbocycles. The van der Waals surface area contributed by atoms with Crippen molar-refractivity contribution in [2.24, 2.45) is 47.3 Å². The van der Waals surface area contributed by atoms with Gasteiger partial charge in [0.2, 0.25) is 0 Å². The average molecular weight is 734 g/mol. The van der Waals surface area contributed by atoms with Gasteiger partial charge >= 0.3 is 0 Å². The predicted molar refractivity (Wildman–Crippen MR) is 173 cm³/mol. The molecule has 0 aromatic heterocycles. The van der Waals surface area contributed by atoms with Gasteiger partial charge in [-0.15, -0.1) is 12.4 Å². The normalized spacial score (nSPS) is 55.6. The Hall–Kier alpha value is 1.07. The van der Waals surface area contributed by atoms with Gasteiger partial charge in [-0.25, -0.2) is 0 Å². The largest absolute Gasteiger partial charge is 0.286 e. The van der Waals surface area contributed by atoms with Gasteiger partial charge in [0, 0.05) is 30.2 Å². The van der Waals surface area contributed by atoms with E-state index in [1.807, 2.05) is 0 Å². The van der Waals surface area contributed by atoms with Crippen LogP contribution in [0.4, 0.5) is 0 Å². The number of nitrogens with one attached hydrogen (secondary N) is 8. The number of hydrogen-bond donors (Lipinski definition) is 8. The molecule has 0 amide bonds. The molecule has 4 saturated carbocycles. The van der Waals surface area contributed by atoms with Crippen molar-refractivity contribution < 1.29 is 19.5 Å². The molecule has 11 heteroatoms. The maximum Gasteiger partial charge on any atom is 0.0639 e. The first-order valence-corrected chi connectivity index (χ1v) is 18.9. The monoisotopic (exact) mass is 730 g/mol. The average Bonchev–Trinajstić information content (AvgIpc) is 3.73. The molecule has 240 valence electrons. The van der Waals surface area contributed by atoms with E-state index in [1.54, 1.807) is 0 Å². The van der Waals surface area contributed by atoms with Gasteiger partial charge in [0.05, 0.1) is 49.3 Å². The molecule has 43 heavy (non-hydrogen) atoms. The number of alkyl halides is 1. The molecule has 5 aliphatic heterocycles. The van der Waals surface area contributed by atoms with E-state index in [1.165, 1.54) is 96.3 Å². The van der Waals surface area contributed by atoms with Crippen molar-refractivity contribution in [2.45, 2.75) is 150 Å². The molecule has 9 rings (SSSR count). The van der Waals surface area contributed by atoms with Crippen LogP contribution in [-0.2, 0) is 19.5 Å². The van der Waals surface area contributed by atoms with E-state index in [0.29, 0.717) is 66.0 Å². The van der Waals surface area contributed by atoms with Crippen molar-refractivity contribution in [1.29, 1.82) is 0 Å². The fraction of sp³-hybridized carbons (Fsp3) is 1.00. The Morgan fingerprint density at radius 1 is 0.326 bits per heavy atom. The second-order valence-corrected chi connectivity index (χ2v) is 16.9. The Bertz CT molecular complexity index is 966. The summed E-state index contributed by atoms with van der Waals surface area (Å²) < 4.78 is 0. The minimum absolute atomic E-state index is 0. The second-order valence-electron chi connectivity index (χ2n) is 15.7. The Balaban J connectivity index is 0.00000150. The first kappa shape index (κ1) is 32.6. The third kappa shape index (κ3) is 5.79. The fourth-order valence-corrected chi connectivity index (χ4v) is 13.0. The zero-order valence-corrected chi connectivity index (χ0v) is 31.3. The first-order valence-electron chi connectivity index (χ1n) is 17.9. The number of rotatable bonds is 0. The SMILES string of the molecule is BrC1CCCC2C3NC4NC(NC5NC(NC6NC(NC(N3)C12)C1CCCCC61)C1CCCCC51)C1CCCCC41.Cl.[Zn]. The zero-order chi connectivity index (χ0) is 27.1. The molecule has 8 bridgehead atoms. The van der Waals surface area contributed by atoms with Crippen LogP contribution in [0.5, 0.6) is 0 Å². The van der Waals surface area contributed by atoms with Crippen LogP contribution in [0.1, 0.15) is 96.3 Å². The number of hydrogen-bond acceptors (Lipinski definition) is 8. The van der Waals surface area contributed by atoms with Crippen LogP contribution in [0.3, 0.4) is 0 Å². The predicted octanol–water partition coefficient (Wildman–Crippen LogP) is 3.40. The van der Waals surface area contributed by atoms with Crippen molar-refractivity contribution >= 4 is 28.3 Å². The van der Waals surface area contributed by atoms with E-state index in [2.05, 4.69) is 58.5 Å². The third-order valence-electron chi connectivity index (χ3n) is 13.8. The Morgan fingerprint density at radius 3 is 0.907 bits per heavy atom. The summed E-state index contributed by atoms with van der Waals surface area (Å²) in [6, 6.07) is 0. The molecule has 9 aliphatic rings. The maximum atomic E-state index is 4.26. The molecule has 0 aromatic rings. The van der Waals surface area contributed by atoms with Crippen molar-refractivity contribution in [1.82, 2.24) is 42.5 Å². The van der Waals surface area contributed by atoms with Crippen molar-refractivity contribution in [3.63, 3.8) is 0 Å². The van der Waals surface area contributed by atoms with E-state index in [-0.39, 0.29) is 31.9 Å². The van der Waals surface area contributed by atoms with Crippen LogP contribution < -0.4 is 42.5 Å². The molecule has 0 radical (unpaired) electrons. The van der Waals surface area contributed by atoms with E-state index in [0.717, 1.165) is 35.5 Å². The summed E-state index contributed by atoms with van der Waals surface area (Å²) in [4.78, 5) is 0.592.